The third-order valence-corrected chi connectivity index (χ3v) is 6.99. The van der Waals surface area contributed by atoms with Crippen molar-refractivity contribution in [3.8, 4) is 10.4 Å². The van der Waals surface area contributed by atoms with Gasteiger partial charge >= 0.3 is 0 Å². The number of carbonyl (C=O) groups is 2. The molecule has 1 aromatic carbocycles. The molecule has 0 radical (unpaired) electrons. The zero-order chi connectivity index (χ0) is 18.3. The molecule has 3 saturated heterocycles. The molecule has 0 saturated carbocycles. The maximum Gasteiger partial charge on any atom is 0.261 e. The summed E-state index contributed by atoms with van der Waals surface area (Å²) in [4.78, 5) is 28.8. The lowest BCUT2D eigenvalue weighted by molar-refractivity contribution is 0.0218. The monoisotopic (exact) mass is 368 g/mol. The predicted molar refractivity (Wildman–Crippen MR) is 105 cm³/mol. The highest BCUT2D eigenvalue weighted by Gasteiger charge is 2.40. The number of thiophene rings is 1. The van der Waals surface area contributed by atoms with Crippen molar-refractivity contribution < 1.29 is 9.59 Å². The largest absolute Gasteiger partial charge is 0.347 e. The molecule has 3 aliphatic rings. The van der Waals surface area contributed by atoms with Crippen LogP contribution in [0.3, 0.4) is 0 Å². The molecule has 26 heavy (non-hydrogen) atoms. The Morgan fingerprint density at radius 2 is 1.85 bits per heavy atom. The van der Waals surface area contributed by atoms with Crippen LogP contribution in [-0.4, -0.2) is 41.8 Å². The van der Waals surface area contributed by atoms with E-state index >= 15 is 0 Å². The highest BCUT2D eigenvalue weighted by atomic mass is 32.1. The Hall–Kier alpha value is -1.98. The van der Waals surface area contributed by atoms with Crippen LogP contribution in [-0.2, 0) is 0 Å². The minimum Gasteiger partial charge on any atom is -0.347 e. The zero-order valence-corrected chi connectivity index (χ0v) is 16.0. The molecule has 1 amide bonds. The van der Waals surface area contributed by atoms with Gasteiger partial charge in [-0.2, -0.15) is 0 Å². The fraction of sp³-hybridized carbons (Fsp3) is 0.429. The summed E-state index contributed by atoms with van der Waals surface area (Å²) in [6, 6.07) is 12.0. The van der Waals surface area contributed by atoms with E-state index in [1.165, 1.54) is 24.2 Å². The zero-order valence-electron chi connectivity index (χ0n) is 15.2. The summed E-state index contributed by atoms with van der Waals surface area (Å²) in [5.74, 6) is 0.644. The molecule has 2 aromatic rings. The fourth-order valence-electron chi connectivity index (χ4n) is 4.38. The highest BCUT2D eigenvalue weighted by molar-refractivity contribution is 7.17. The topological polar surface area (TPSA) is 49.4 Å². The first-order valence-electron chi connectivity index (χ1n) is 9.29. The lowest BCUT2D eigenvalue weighted by Crippen LogP contribution is -2.62. The summed E-state index contributed by atoms with van der Waals surface area (Å²) >= 11 is 1.46. The summed E-state index contributed by atoms with van der Waals surface area (Å²) < 4.78 is 0. The summed E-state index contributed by atoms with van der Waals surface area (Å²) in [7, 11) is 0. The SMILES string of the molecule is CC(=O)c1ccccc1-c1ccc(C(=O)N[C@@H]2C3CCN(CC3)[C@H]2C)s1. The Kier molecular flexibility index (Phi) is 4.67. The average Bonchev–Trinajstić information content (AvgIpc) is 3.15. The van der Waals surface area contributed by atoms with Gasteiger partial charge in [-0.05, 0) is 57.8 Å². The van der Waals surface area contributed by atoms with Crippen LogP contribution in [0.1, 0.15) is 46.7 Å². The van der Waals surface area contributed by atoms with Crippen molar-refractivity contribution in [3.05, 3.63) is 46.8 Å². The van der Waals surface area contributed by atoms with Crippen LogP contribution in [0.5, 0.6) is 0 Å². The van der Waals surface area contributed by atoms with Gasteiger partial charge in [-0.1, -0.05) is 24.3 Å². The molecule has 0 unspecified atom stereocenters. The Balaban J connectivity index is 1.53. The number of amides is 1. The third kappa shape index (κ3) is 3.10. The van der Waals surface area contributed by atoms with Gasteiger partial charge < -0.3 is 5.32 Å². The van der Waals surface area contributed by atoms with Crippen LogP contribution >= 0.6 is 11.3 Å². The second-order valence-electron chi connectivity index (χ2n) is 7.38. The van der Waals surface area contributed by atoms with E-state index < -0.39 is 0 Å². The fourth-order valence-corrected chi connectivity index (χ4v) is 5.33. The van der Waals surface area contributed by atoms with Crippen LogP contribution in [0.4, 0.5) is 0 Å². The Bertz CT molecular complexity index is 834. The molecule has 3 fully saturated rings. The summed E-state index contributed by atoms with van der Waals surface area (Å²) in [5.41, 5.74) is 1.60. The maximum absolute atomic E-state index is 12.8. The number of ketones is 1. The normalized spacial score (nSPS) is 27.3. The van der Waals surface area contributed by atoms with Gasteiger partial charge in [0, 0.05) is 28.1 Å². The van der Waals surface area contributed by atoms with E-state index in [9.17, 15) is 9.59 Å². The van der Waals surface area contributed by atoms with Gasteiger partial charge in [0.25, 0.3) is 5.91 Å². The van der Waals surface area contributed by atoms with E-state index in [1.807, 2.05) is 36.4 Å². The number of hydrogen-bond acceptors (Lipinski definition) is 4. The summed E-state index contributed by atoms with van der Waals surface area (Å²) in [6.45, 7) is 6.11. The van der Waals surface area contributed by atoms with Gasteiger partial charge in [0.15, 0.2) is 5.78 Å². The number of fused-ring (bicyclic) bond motifs is 3. The van der Waals surface area contributed by atoms with Gasteiger partial charge in [0.1, 0.15) is 0 Å². The average molecular weight is 369 g/mol. The number of nitrogens with zero attached hydrogens (tertiary/aromatic N) is 1. The number of rotatable bonds is 4. The molecule has 1 aromatic heterocycles. The molecule has 136 valence electrons. The molecule has 2 bridgehead atoms. The van der Waals surface area contributed by atoms with Crippen molar-refractivity contribution in [2.45, 2.75) is 38.8 Å². The molecule has 1 N–H and O–H groups in total. The lowest BCUT2D eigenvalue weighted by Gasteiger charge is -2.49. The summed E-state index contributed by atoms with van der Waals surface area (Å²) in [6.07, 6.45) is 2.36. The van der Waals surface area contributed by atoms with Crippen LogP contribution in [0.15, 0.2) is 36.4 Å². The van der Waals surface area contributed by atoms with Crippen LogP contribution < -0.4 is 5.32 Å². The molecule has 5 rings (SSSR count). The van der Waals surface area contributed by atoms with Crippen LogP contribution in [0.25, 0.3) is 10.4 Å². The van der Waals surface area contributed by atoms with Crippen molar-refractivity contribution in [2.75, 3.05) is 13.1 Å². The number of piperidine rings is 3. The van der Waals surface area contributed by atoms with Gasteiger partial charge in [-0.15, -0.1) is 11.3 Å². The predicted octanol–water partition coefficient (Wildman–Crippen LogP) is 3.83. The molecule has 4 heterocycles. The van der Waals surface area contributed by atoms with E-state index in [0.717, 1.165) is 23.5 Å². The number of Topliss-reactive ketones (excluding diaryl/α,β-unsaturated/α-hetero) is 1. The Labute approximate surface area is 158 Å². The van der Waals surface area contributed by atoms with Gasteiger partial charge in [-0.25, -0.2) is 0 Å². The summed E-state index contributed by atoms with van der Waals surface area (Å²) in [5, 5.41) is 3.28. The molecule has 0 spiro atoms. The first kappa shape index (κ1) is 17.4. The second-order valence-corrected chi connectivity index (χ2v) is 8.46. The van der Waals surface area contributed by atoms with Crippen molar-refractivity contribution >= 4 is 23.0 Å². The van der Waals surface area contributed by atoms with Crippen molar-refractivity contribution in [1.29, 1.82) is 0 Å². The Morgan fingerprint density at radius 1 is 1.12 bits per heavy atom. The first-order chi connectivity index (χ1) is 12.5. The standard InChI is InChI=1S/C21H24N2O2S/c1-13-20(15-9-11-23(13)12-10-15)22-21(25)19-8-7-18(26-19)17-6-4-3-5-16(17)14(2)24/h3-8,13,15,20H,9-12H2,1-2H3,(H,22,25)/t13-,20-/m0/s1. The van der Waals surface area contributed by atoms with E-state index in [0.29, 0.717) is 22.4 Å². The number of carbonyl (C=O) groups excluding carboxylic acids is 2. The van der Waals surface area contributed by atoms with E-state index in [1.54, 1.807) is 6.92 Å². The van der Waals surface area contributed by atoms with Crippen molar-refractivity contribution in [1.82, 2.24) is 10.2 Å². The number of nitrogens with one attached hydrogen (secondary N) is 1. The quantitative estimate of drug-likeness (QED) is 0.835. The molecule has 5 heteroatoms. The van der Waals surface area contributed by atoms with Crippen molar-refractivity contribution in [2.24, 2.45) is 5.92 Å². The third-order valence-electron chi connectivity index (χ3n) is 5.88. The minimum atomic E-state index is 0.00663. The van der Waals surface area contributed by atoms with Crippen LogP contribution in [0, 0.1) is 5.92 Å². The Morgan fingerprint density at radius 3 is 2.54 bits per heavy atom. The van der Waals surface area contributed by atoms with E-state index in [-0.39, 0.29) is 17.7 Å². The molecule has 2 atom stereocenters. The van der Waals surface area contributed by atoms with Gasteiger partial charge in [0.05, 0.1) is 4.88 Å². The van der Waals surface area contributed by atoms with Crippen molar-refractivity contribution in [3.63, 3.8) is 0 Å². The van der Waals surface area contributed by atoms with Gasteiger partial charge in [-0.3, -0.25) is 14.5 Å². The molecule has 3 aliphatic heterocycles. The minimum absolute atomic E-state index is 0.00663. The van der Waals surface area contributed by atoms with E-state index in [4.69, 9.17) is 0 Å². The molecule has 4 nitrogen and oxygen atoms in total. The molecular weight excluding hydrogens is 344 g/mol. The van der Waals surface area contributed by atoms with Crippen LogP contribution in [0.2, 0.25) is 0 Å². The first-order valence-corrected chi connectivity index (χ1v) is 10.1. The second kappa shape index (κ2) is 6.97. The number of hydrogen-bond donors (Lipinski definition) is 1. The molecular formula is C21H24N2O2S. The number of benzene rings is 1. The lowest BCUT2D eigenvalue weighted by atomic mass is 9.79. The maximum atomic E-state index is 12.8. The smallest absolute Gasteiger partial charge is 0.261 e. The van der Waals surface area contributed by atoms with E-state index in [2.05, 4.69) is 17.1 Å². The van der Waals surface area contributed by atoms with Gasteiger partial charge in [0.2, 0.25) is 0 Å². The molecule has 0 aliphatic carbocycles. The highest BCUT2D eigenvalue weighted by Crippen LogP contribution is 2.34.